The second kappa shape index (κ2) is 9.48. The van der Waals surface area contributed by atoms with Gasteiger partial charge in [0, 0.05) is 60.5 Å². The van der Waals surface area contributed by atoms with Crippen LogP contribution in [0.3, 0.4) is 0 Å². The Balaban J connectivity index is 1.12. The number of halogens is 1. The van der Waals surface area contributed by atoms with Crippen LogP contribution in [0.5, 0.6) is 5.75 Å². The van der Waals surface area contributed by atoms with Crippen molar-refractivity contribution in [3.63, 3.8) is 0 Å². The van der Waals surface area contributed by atoms with Crippen molar-refractivity contribution in [1.82, 2.24) is 20.1 Å². The van der Waals surface area contributed by atoms with Crippen LogP contribution in [0.15, 0.2) is 36.5 Å². The van der Waals surface area contributed by atoms with Crippen molar-refractivity contribution in [1.29, 1.82) is 0 Å². The minimum absolute atomic E-state index is 0.0911. The number of carbonyl (C=O) groups excluding carboxylic acids is 3. The molecule has 2 unspecified atom stereocenters. The number of pyridine rings is 1. The van der Waals surface area contributed by atoms with Crippen LogP contribution in [-0.4, -0.2) is 63.8 Å². The normalized spacial score (nSPS) is 27.0. The highest BCUT2D eigenvalue weighted by atomic mass is 35.5. The van der Waals surface area contributed by atoms with Gasteiger partial charge < -0.3 is 9.64 Å². The average Bonchev–Trinajstić information content (AvgIpc) is 3.15. The molecule has 36 heavy (non-hydrogen) atoms. The third kappa shape index (κ3) is 4.37. The van der Waals surface area contributed by atoms with Crippen LogP contribution in [0.4, 0.5) is 0 Å². The largest absolute Gasteiger partial charge is 0.489 e. The molecule has 0 bridgehead atoms. The number of benzene rings is 1. The Kier molecular flexibility index (Phi) is 6.17. The molecular weight excluding hydrogens is 480 g/mol. The van der Waals surface area contributed by atoms with Gasteiger partial charge >= 0.3 is 0 Å². The fourth-order valence-corrected chi connectivity index (χ4v) is 6.21. The summed E-state index contributed by atoms with van der Waals surface area (Å²) in [5.41, 5.74) is 2.52. The minimum Gasteiger partial charge on any atom is -0.489 e. The molecule has 8 nitrogen and oxygen atoms in total. The number of imide groups is 1. The van der Waals surface area contributed by atoms with Gasteiger partial charge in [-0.1, -0.05) is 18.0 Å². The number of amides is 3. The molecule has 188 valence electrons. The van der Waals surface area contributed by atoms with Gasteiger partial charge in [0.1, 0.15) is 17.9 Å². The highest BCUT2D eigenvalue weighted by Crippen LogP contribution is 2.36. The molecule has 0 spiro atoms. The average molecular weight is 509 g/mol. The Morgan fingerprint density at radius 3 is 2.67 bits per heavy atom. The SMILES string of the molecule is O=C1CCC(N2Cc3cc(O[C@@H]4CCCCC4N4CC(c5cc(Cl)ccn5)C4)ccc3C2=O)C(=O)N1. The number of nitrogens with one attached hydrogen (secondary N) is 1. The van der Waals surface area contributed by atoms with Crippen molar-refractivity contribution in [3.8, 4) is 5.75 Å². The zero-order valence-electron chi connectivity index (χ0n) is 20.0. The maximum absolute atomic E-state index is 13.0. The van der Waals surface area contributed by atoms with E-state index >= 15 is 0 Å². The topological polar surface area (TPSA) is 91.8 Å². The highest BCUT2D eigenvalue weighted by Gasteiger charge is 2.41. The molecule has 6 rings (SSSR count). The second-order valence-electron chi connectivity index (χ2n) is 10.3. The third-order valence-electron chi connectivity index (χ3n) is 7.99. The van der Waals surface area contributed by atoms with Gasteiger partial charge in [0.2, 0.25) is 11.8 Å². The number of nitrogens with zero attached hydrogens (tertiary/aromatic N) is 3. The predicted molar refractivity (Wildman–Crippen MR) is 133 cm³/mol. The van der Waals surface area contributed by atoms with Crippen LogP contribution >= 0.6 is 11.6 Å². The molecule has 4 aliphatic rings. The van der Waals surface area contributed by atoms with Crippen molar-refractivity contribution >= 4 is 29.3 Å². The zero-order valence-corrected chi connectivity index (χ0v) is 20.7. The zero-order chi connectivity index (χ0) is 24.8. The summed E-state index contributed by atoms with van der Waals surface area (Å²) in [4.78, 5) is 45.4. The fourth-order valence-electron chi connectivity index (χ4n) is 6.05. The van der Waals surface area contributed by atoms with E-state index in [0.29, 0.717) is 30.5 Å². The number of aromatic nitrogens is 1. The lowest BCUT2D eigenvalue weighted by Crippen LogP contribution is -2.57. The quantitative estimate of drug-likeness (QED) is 0.623. The first kappa shape index (κ1) is 23.4. The number of rotatable bonds is 5. The van der Waals surface area contributed by atoms with Crippen LogP contribution in [0.2, 0.25) is 5.02 Å². The van der Waals surface area contributed by atoms with Crippen LogP contribution in [-0.2, 0) is 16.1 Å². The van der Waals surface area contributed by atoms with E-state index in [1.165, 1.54) is 6.42 Å². The molecule has 1 saturated carbocycles. The maximum Gasteiger partial charge on any atom is 0.255 e. The Bertz CT molecular complexity index is 1210. The van der Waals surface area contributed by atoms with E-state index < -0.39 is 11.9 Å². The summed E-state index contributed by atoms with van der Waals surface area (Å²) in [6.45, 7) is 2.27. The summed E-state index contributed by atoms with van der Waals surface area (Å²) in [5.74, 6) is 0.320. The lowest BCUT2D eigenvalue weighted by molar-refractivity contribution is -0.136. The van der Waals surface area contributed by atoms with E-state index in [9.17, 15) is 14.4 Å². The number of ether oxygens (including phenoxy) is 1. The van der Waals surface area contributed by atoms with Crippen LogP contribution in [0.1, 0.15) is 66.1 Å². The molecule has 1 N–H and O–H groups in total. The summed E-state index contributed by atoms with van der Waals surface area (Å²) in [6, 6.07) is 9.13. The Morgan fingerprint density at radius 2 is 1.86 bits per heavy atom. The van der Waals surface area contributed by atoms with Gasteiger partial charge in [0.05, 0.1) is 0 Å². The van der Waals surface area contributed by atoms with Crippen molar-refractivity contribution < 1.29 is 19.1 Å². The van der Waals surface area contributed by atoms with Gasteiger partial charge in [-0.2, -0.15) is 0 Å². The summed E-state index contributed by atoms with van der Waals surface area (Å²) >= 11 is 6.15. The number of carbonyl (C=O) groups is 3. The molecule has 3 aliphatic heterocycles. The number of fused-ring (bicyclic) bond motifs is 1. The first-order valence-electron chi connectivity index (χ1n) is 12.8. The molecule has 3 fully saturated rings. The molecule has 2 saturated heterocycles. The molecule has 3 amide bonds. The lowest BCUT2D eigenvalue weighted by atomic mass is 9.85. The lowest BCUT2D eigenvalue weighted by Gasteiger charge is -2.48. The smallest absolute Gasteiger partial charge is 0.255 e. The highest BCUT2D eigenvalue weighted by molar-refractivity contribution is 6.30. The number of likely N-dealkylation sites (tertiary alicyclic amines) is 1. The minimum atomic E-state index is -0.608. The summed E-state index contributed by atoms with van der Waals surface area (Å²) < 4.78 is 6.53. The van der Waals surface area contributed by atoms with Gasteiger partial charge in [-0.25, -0.2) is 0 Å². The van der Waals surface area contributed by atoms with Crippen LogP contribution < -0.4 is 10.1 Å². The van der Waals surface area contributed by atoms with E-state index in [1.807, 2.05) is 18.2 Å². The summed E-state index contributed by atoms with van der Waals surface area (Å²) in [7, 11) is 0. The van der Waals surface area contributed by atoms with E-state index in [1.54, 1.807) is 23.2 Å². The molecule has 4 heterocycles. The second-order valence-corrected chi connectivity index (χ2v) is 10.7. The van der Waals surface area contributed by atoms with E-state index in [-0.39, 0.29) is 24.3 Å². The van der Waals surface area contributed by atoms with Gasteiger partial charge in [-0.3, -0.25) is 29.6 Å². The molecule has 1 aromatic heterocycles. The first-order valence-corrected chi connectivity index (χ1v) is 13.1. The monoisotopic (exact) mass is 508 g/mol. The van der Waals surface area contributed by atoms with Gasteiger partial charge in [-0.05, 0) is 61.6 Å². The molecule has 0 radical (unpaired) electrons. The summed E-state index contributed by atoms with van der Waals surface area (Å²) in [6.07, 6.45) is 6.91. The molecule has 9 heteroatoms. The maximum atomic E-state index is 13.0. The molecule has 2 aromatic rings. The number of hydrogen-bond donors (Lipinski definition) is 1. The predicted octanol–water partition coefficient (Wildman–Crippen LogP) is 3.29. The number of hydrogen-bond acceptors (Lipinski definition) is 6. The Labute approximate surface area is 214 Å². The first-order chi connectivity index (χ1) is 17.5. The Hall–Kier alpha value is -2.97. The van der Waals surface area contributed by atoms with Crippen molar-refractivity contribution in [2.45, 2.75) is 69.2 Å². The molecule has 3 atom stereocenters. The molecule has 1 aromatic carbocycles. The van der Waals surface area contributed by atoms with Gasteiger partial charge in [0.25, 0.3) is 5.91 Å². The summed E-state index contributed by atoms with van der Waals surface area (Å²) in [5, 5.41) is 3.08. The van der Waals surface area contributed by atoms with Crippen LogP contribution in [0.25, 0.3) is 0 Å². The van der Waals surface area contributed by atoms with Gasteiger partial charge in [0.15, 0.2) is 0 Å². The molecular formula is C27H29ClN4O4. The van der Waals surface area contributed by atoms with Crippen molar-refractivity contribution in [2.24, 2.45) is 0 Å². The van der Waals surface area contributed by atoms with E-state index in [0.717, 1.165) is 54.4 Å². The Morgan fingerprint density at radius 1 is 1.03 bits per heavy atom. The van der Waals surface area contributed by atoms with E-state index in [2.05, 4.69) is 15.2 Å². The third-order valence-corrected chi connectivity index (χ3v) is 8.23. The standard InChI is InChI=1S/C27H29ClN4O4/c28-18-9-10-29-21(12-18)17-13-31(14-17)22-3-1-2-4-24(22)36-19-5-6-20-16(11-19)15-32(27(20)35)23-7-8-25(33)30-26(23)34/h5-6,9-12,17,22-24H,1-4,7-8,13-15H2,(H,30,33,34)/t22?,23?,24-/m1/s1. The fraction of sp³-hybridized carbons (Fsp3) is 0.481. The molecule has 1 aliphatic carbocycles. The van der Waals surface area contributed by atoms with Gasteiger partial charge in [-0.15, -0.1) is 0 Å². The van der Waals surface area contributed by atoms with E-state index in [4.69, 9.17) is 16.3 Å². The van der Waals surface area contributed by atoms with Crippen molar-refractivity contribution in [2.75, 3.05) is 13.1 Å². The van der Waals surface area contributed by atoms with Crippen LogP contribution in [0, 0.1) is 0 Å². The van der Waals surface area contributed by atoms with Crippen molar-refractivity contribution in [3.05, 3.63) is 58.4 Å². The number of piperidine rings is 1.